The molecule has 0 heterocycles. The van der Waals surface area contributed by atoms with Gasteiger partial charge in [-0.15, -0.1) is 0 Å². The van der Waals surface area contributed by atoms with Crippen molar-refractivity contribution in [2.24, 2.45) is 0 Å². The first kappa shape index (κ1) is 12.8. The van der Waals surface area contributed by atoms with Gasteiger partial charge >= 0.3 is 0 Å². The highest BCUT2D eigenvalue weighted by atomic mass is 16.5. The predicted molar refractivity (Wildman–Crippen MR) is 68.0 cm³/mol. The average Bonchev–Trinajstić information content (AvgIpc) is 3.21. The van der Waals surface area contributed by atoms with Crippen LogP contribution in [0.25, 0.3) is 0 Å². The lowest BCUT2D eigenvalue weighted by atomic mass is 10.2. The van der Waals surface area contributed by atoms with Crippen LogP contribution in [-0.4, -0.2) is 43.2 Å². The lowest BCUT2D eigenvalue weighted by molar-refractivity contribution is -0.122. The maximum absolute atomic E-state index is 11.7. The SMILES string of the molecule is CN(CC(=O)COc1cccc(C=O)c1)C1CC1. The molecule has 0 atom stereocenters. The topological polar surface area (TPSA) is 46.6 Å². The van der Waals surface area contributed by atoms with E-state index in [4.69, 9.17) is 4.74 Å². The summed E-state index contributed by atoms with van der Waals surface area (Å²) in [4.78, 5) is 24.3. The Morgan fingerprint density at radius 2 is 2.28 bits per heavy atom. The molecule has 0 spiro atoms. The van der Waals surface area contributed by atoms with Gasteiger partial charge in [0.2, 0.25) is 0 Å². The molecular formula is C14H17NO3. The fourth-order valence-corrected chi connectivity index (χ4v) is 1.81. The molecule has 0 amide bonds. The fourth-order valence-electron chi connectivity index (χ4n) is 1.81. The fraction of sp³-hybridized carbons (Fsp3) is 0.429. The number of aldehydes is 1. The molecule has 4 nitrogen and oxygen atoms in total. The van der Waals surface area contributed by atoms with Crippen molar-refractivity contribution in [1.29, 1.82) is 0 Å². The van der Waals surface area contributed by atoms with E-state index in [1.54, 1.807) is 24.3 Å². The number of carbonyl (C=O) groups is 2. The number of hydrogen-bond donors (Lipinski definition) is 0. The van der Waals surface area contributed by atoms with Gasteiger partial charge in [0, 0.05) is 11.6 Å². The lowest BCUT2D eigenvalue weighted by Gasteiger charge is -2.14. The second-order valence-corrected chi connectivity index (χ2v) is 4.66. The summed E-state index contributed by atoms with van der Waals surface area (Å²) in [5, 5.41) is 0. The molecule has 18 heavy (non-hydrogen) atoms. The van der Waals surface area contributed by atoms with Crippen molar-refractivity contribution in [3.8, 4) is 5.75 Å². The van der Waals surface area contributed by atoms with Crippen LogP contribution in [0.3, 0.4) is 0 Å². The summed E-state index contributed by atoms with van der Waals surface area (Å²) >= 11 is 0. The summed E-state index contributed by atoms with van der Waals surface area (Å²) in [6.07, 6.45) is 3.13. The first-order valence-corrected chi connectivity index (χ1v) is 6.09. The Hall–Kier alpha value is -1.68. The molecule has 1 aliphatic carbocycles. The van der Waals surface area contributed by atoms with Crippen LogP contribution in [0.5, 0.6) is 5.75 Å². The van der Waals surface area contributed by atoms with Gasteiger partial charge in [-0.25, -0.2) is 0 Å². The van der Waals surface area contributed by atoms with E-state index in [1.165, 1.54) is 12.8 Å². The summed E-state index contributed by atoms with van der Waals surface area (Å²) in [6, 6.07) is 7.38. The number of nitrogens with zero attached hydrogens (tertiary/aromatic N) is 1. The number of hydrogen-bond acceptors (Lipinski definition) is 4. The molecule has 0 aliphatic heterocycles. The molecule has 4 heteroatoms. The van der Waals surface area contributed by atoms with Crippen LogP contribution in [0.1, 0.15) is 23.2 Å². The van der Waals surface area contributed by atoms with E-state index in [9.17, 15) is 9.59 Å². The second kappa shape index (κ2) is 5.78. The van der Waals surface area contributed by atoms with Crippen LogP contribution >= 0.6 is 0 Å². The summed E-state index contributed by atoms with van der Waals surface area (Å²) in [5.41, 5.74) is 0.551. The molecule has 1 aliphatic rings. The van der Waals surface area contributed by atoms with Gasteiger partial charge in [-0.05, 0) is 32.0 Å². The third-order valence-electron chi connectivity index (χ3n) is 2.99. The molecule has 0 saturated heterocycles. The van der Waals surface area contributed by atoms with E-state index in [2.05, 4.69) is 4.90 Å². The second-order valence-electron chi connectivity index (χ2n) is 4.66. The van der Waals surface area contributed by atoms with Crippen LogP contribution in [0.4, 0.5) is 0 Å². The van der Waals surface area contributed by atoms with Gasteiger partial charge in [-0.1, -0.05) is 12.1 Å². The summed E-state index contributed by atoms with van der Waals surface area (Å²) in [6.45, 7) is 0.484. The molecule has 2 rings (SSSR count). The molecule has 1 fully saturated rings. The van der Waals surface area contributed by atoms with Gasteiger partial charge in [0.05, 0.1) is 6.54 Å². The van der Waals surface area contributed by atoms with Crippen LogP contribution in [0.2, 0.25) is 0 Å². The smallest absolute Gasteiger partial charge is 0.184 e. The molecule has 0 N–H and O–H groups in total. The Balaban J connectivity index is 1.79. The zero-order valence-electron chi connectivity index (χ0n) is 10.5. The Kier molecular flexibility index (Phi) is 4.10. The van der Waals surface area contributed by atoms with Crippen LogP contribution in [0, 0.1) is 0 Å². The number of Topliss-reactive ketones (excluding diaryl/α,β-unsaturated/α-hetero) is 1. The first-order chi connectivity index (χ1) is 8.69. The summed E-state index contributed by atoms with van der Waals surface area (Å²) in [7, 11) is 1.96. The molecular weight excluding hydrogens is 230 g/mol. The largest absolute Gasteiger partial charge is 0.486 e. The van der Waals surface area contributed by atoms with Gasteiger partial charge in [-0.3, -0.25) is 14.5 Å². The van der Waals surface area contributed by atoms with E-state index in [0.29, 0.717) is 23.9 Å². The van der Waals surface area contributed by atoms with E-state index in [1.807, 2.05) is 7.05 Å². The highest BCUT2D eigenvalue weighted by Crippen LogP contribution is 2.24. The van der Waals surface area contributed by atoms with Crippen LogP contribution in [0.15, 0.2) is 24.3 Å². The Labute approximate surface area is 107 Å². The number of rotatable bonds is 7. The number of carbonyl (C=O) groups excluding carboxylic acids is 2. The van der Waals surface area contributed by atoms with E-state index in [0.717, 1.165) is 6.29 Å². The van der Waals surface area contributed by atoms with Crippen LogP contribution in [-0.2, 0) is 4.79 Å². The normalized spacial score (nSPS) is 14.6. The molecule has 0 aromatic heterocycles. The molecule has 0 bridgehead atoms. The molecule has 1 aromatic rings. The first-order valence-electron chi connectivity index (χ1n) is 6.09. The van der Waals surface area contributed by atoms with Gasteiger partial charge in [-0.2, -0.15) is 0 Å². The predicted octanol–water partition coefficient (Wildman–Crippen LogP) is 1.54. The zero-order valence-corrected chi connectivity index (χ0v) is 10.5. The molecule has 0 unspecified atom stereocenters. The van der Waals surface area contributed by atoms with E-state index >= 15 is 0 Å². The average molecular weight is 247 g/mol. The minimum Gasteiger partial charge on any atom is -0.486 e. The van der Waals surface area contributed by atoms with Crippen molar-refractivity contribution >= 4 is 12.1 Å². The van der Waals surface area contributed by atoms with Crippen molar-refractivity contribution in [2.45, 2.75) is 18.9 Å². The van der Waals surface area contributed by atoms with Crippen molar-refractivity contribution in [3.05, 3.63) is 29.8 Å². The molecule has 0 radical (unpaired) electrons. The van der Waals surface area contributed by atoms with Crippen molar-refractivity contribution in [1.82, 2.24) is 4.90 Å². The third kappa shape index (κ3) is 3.67. The minimum absolute atomic E-state index is 0.0549. The van der Waals surface area contributed by atoms with Gasteiger partial charge < -0.3 is 4.74 Å². The number of likely N-dealkylation sites (N-methyl/N-ethyl adjacent to an activating group) is 1. The lowest BCUT2D eigenvalue weighted by Crippen LogP contribution is -2.30. The zero-order chi connectivity index (χ0) is 13.0. The molecule has 1 saturated carbocycles. The Morgan fingerprint density at radius 1 is 1.50 bits per heavy atom. The highest BCUT2D eigenvalue weighted by Gasteiger charge is 2.27. The van der Waals surface area contributed by atoms with Crippen LogP contribution < -0.4 is 4.74 Å². The third-order valence-corrected chi connectivity index (χ3v) is 2.99. The molecule has 1 aromatic carbocycles. The quantitative estimate of drug-likeness (QED) is 0.686. The van der Waals surface area contributed by atoms with E-state index < -0.39 is 0 Å². The maximum atomic E-state index is 11.7. The molecule has 96 valence electrons. The highest BCUT2D eigenvalue weighted by molar-refractivity contribution is 5.82. The summed E-state index contributed by atoms with van der Waals surface area (Å²) < 4.78 is 5.38. The number of ketones is 1. The number of ether oxygens (including phenoxy) is 1. The van der Waals surface area contributed by atoms with Gasteiger partial charge in [0.15, 0.2) is 5.78 Å². The Bertz CT molecular complexity index is 440. The number of benzene rings is 1. The van der Waals surface area contributed by atoms with Crippen molar-refractivity contribution in [2.75, 3.05) is 20.2 Å². The maximum Gasteiger partial charge on any atom is 0.184 e. The standard InChI is InChI=1S/C14H17NO3/c1-15(12-5-6-12)8-13(17)10-18-14-4-2-3-11(7-14)9-16/h2-4,7,9,12H,5-6,8,10H2,1H3. The monoisotopic (exact) mass is 247 g/mol. The summed E-state index contributed by atoms with van der Waals surface area (Å²) in [5.74, 6) is 0.614. The minimum atomic E-state index is 0.0549. The van der Waals surface area contributed by atoms with Crippen molar-refractivity contribution in [3.63, 3.8) is 0 Å². The van der Waals surface area contributed by atoms with Crippen molar-refractivity contribution < 1.29 is 14.3 Å². The van der Waals surface area contributed by atoms with Gasteiger partial charge in [0.1, 0.15) is 18.6 Å². The van der Waals surface area contributed by atoms with Gasteiger partial charge in [0.25, 0.3) is 0 Å². The van der Waals surface area contributed by atoms with E-state index in [-0.39, 0.29) is 12.4 Å². The Morgan fingerprint density at radius 3 is 2.94 bits per heavy atom.